The number of aromatic nitrogens is 2. The van der Waals surface area contributed by atoms with E-state index < -0.39 is 6.85 Å². The molecular weight excluding hydrogens is 755 g/mol. The zero-order valence-electron chi connectivity index (χ0n) is 28.3. The molecule has 0 unspecified atom stereocenters. The molecule has 0 fully saturated rings. The van der Waals surface area contributed by atoms with E-state index in [1.165, 1.54) is 11.8 Å². The maximum Gasteiger partial charge on any atom is 0.136 e. The van der Waals surface area contributed by atoms with Crippen molar-refractivity contribution in [2.24, 2.45) is 0 Å². The van der Waals surface area contributed by atoms with Crippen molar-refractivity contribution in [2.75, 3.05) is 5.32 Å². The minimum absolute atomic E-state index is 0. The van der Waals surface area contributed by atoms with E-state index in [0.29, 0.717) is 5.69 Å². The number of nitrogens with one attached hydrogen (secondary N) is 1. The summed E-state index contributed by atoms with van der Waals surface area (Å²) >= 11 is 0. The molecule has 1 aliphatic rings. The maximum atomic E-state index is 7.61. The number of nitrogens with zero attached hydrogens (tertiary/aromatic N) is 2. The van der Waals surface area contributed by atoms with Crippen LogP contribution in [0.3, 0.4) is 0 Å². The number of benzene rings is 5. The fourth-order valence-corrected chi connectivity index (χ4v) is 6.06. The van der Waals surface area contributed by atoms with Crippen molar-refractivity contribution in [3.05, 3.63) is 157 Å². The normalized spacial score (nSPS) is 12.4. The Morgan fingerprint density at radius 2 is 1.47 bits per heavy atom. The summed E-state index contributed by atoms with van der Waals surface area (Å²) in [5.74, 6) is 0. The van der Waals surface area contributed by atoms with E-state index >= 15 is 0 Å². The Labute approximate surface area is 291 Å². The fraction of sp³-hybridized carbons (Fsp3) is 0.0476. The van der Waals surface area contributed by atoms with Gasteiger partial charge in [0.05, 0.1) is 0 Å². The summed E-state index contributed by atoms with van der Waals surface area (Å²) in [5, 5.41) is 5.82. The van der Waals surface area contributed by atoms with Gasteiger partial charge in [0, 0.05) is 58.6 Å². The number of furan rings is 1. The third-order valence-corrected chi connectivity index (χ3v) is 8.34. The summed E-state index contributed by atoms with van der Waals surface area (Å²) in [5.41, 5.74) is 12.9. The third kappa shape index (κ3) is 5.76. The summed E-state index contributed by atoms with van der Waals surface area (Å²) < 4.78 is 29.0. The van der Waals surface area contributed by atoms with Gasteiger partial charge in [0.15, 0.2) is 0 Å². The molecule has 3 aromatic heterocycles. The Hall–Kier alpha value is -5.35. The summed E-state index contributed by atoms with van der Waals surface area (Å²) in [4.78, 5) is 8.65. The predicted molar refractivity (Wildman–Crippen MR) is 188 cm³/mol. The van der Waals surface area contributed by atoms with Gasteiger partial charge < -0.3 is 19.7 Å². The molecule has 0 aliphatic carbocycles. The first kappa shape index (κ1) is 26.8. The number of para-hydroxylation sites is 1. The molecule has 47 heavy (non-hydrogen) atoms. The minimum Gasteiger partial charge on any atom is -0.456 e. The number of pyridine rings is 2. The standard InChI is InChI=1S/C31H21N2O.C11H8N.Ir/c1-18-10-12-27(32-17-18)20-11-13-28-24(14-20)21-7-5-8-22(19(21)2)25-16-31-26(15-29(25)33-28)23-6-3-4-9-30(23)34-31;1-2-6-10(7-3-1)11-8-4-5-9-12-11;/h3-10,12-17,33H,1-2H3;1-6,8-9H;/q2*-1;/i1D3;;. The van der Waals surface area contributed by atoms with Gasteiger partial charge in [-0.05, 0) is 77.4 Å². The van der Waals surface area contributed by atoms with Crippen molar-refractivity contribution in [1.82, 2.24) is 9.97 Å². The van der Waals surface area contributed by atoms with E-state index in [0.717, 1.165) is 72.4 Å². The average Bonchev–Trinajstić information content (AvgIpc) is 3.50. The second-order valence-corrected chi connectivity index (χ2v) is 11.2. The summed E-state index contributed by atoms with van der Waals surface area (Å²) in [7, 11) is 0. The van der Waals surface area contributed by atoms with E-state index in [1.807, 2.05) is 66.7 Å². The van der Waals surface area contributed by atoms with Gasteiger partial charge in [0.1, 0.15) is 11.2 Å². The number of aryl methyl sites for hydroxylation is 1. The first-order valence-corrected chi connectivity index (χ1v) is 15.1. The Balaban J connectivity index is 0.000000255. The van der Waals surface area contributed by atoms with Crippen LogP contribution >= 0.6 is 0 Å². The van der Waals surface area contributed by atoms with Gasteiger partial charge in [-0.3, -0.25) is 0 Å². The van der Waals surface area contributed by atoms with Crippen molar-refractivity contribution in [1.29, 1.82) is 0 Å². The van der Waals surface area contributed by atoms with Crippen LogP contribution in [-0.4, -0.2) is 9.97 Å². The van der Waals surface area contributed by atoms with Crippen LogP contribution in [0.25, 0.3) is 66.7 Å². The molecular formula is C42H29IrN3O-2. The zero-order valence-corrected chi connectivity index (χ0v) is 27.7. The number of rotatable bonds is 2. The van der Waals surface area contributed by atoms with Gasteiger partial charge in [-0.2, -0.15) is 0 Å². The Bertz CT molecular complexity index is 2420. The first-order valence-electron chi connectivity index (χ1n) is 16.6. The number of hydrogen-bond donors (Lipinski definition) is 1. The van der Waals surface area contributed by atoms with E-state index in [1.54, 1.807) is 18.3 Å². The molecule has 2 bridgehead atoms. The summed E-state index contributed by atoms with van der Waals surface area (Å²) in [6, 6.07) is 46.3. The quantitative estimate of drug-likeness (QED) is 0.177. The summed E-state index contributed by atoms with van der Waals surface area (Å²) in [6.45, 7) is -0.0337. The van der Waals surface area contributed by atoms with E-state index in [4.69, 9.17) is 8.53 Å². The molecule has 0 atom stereocenters. The second kappa shape index (κ2) is 12.8. The molecule has 1 N–H and O–H groups in total. The Morgan fingerprint density at radius 3 is 2.23 bits per heavy atom. The Kier molecular flexibility index (Phi) is 7.31. The molecule has 5 heteroatoms. The SMILES string of the molecule is [2H]C([2H])([2H])c1ccc(-c2[c-]cc3c(c2)-c2cccc(c2C)-c2cc4oc5ccccc5c4cc2N3)nc1.[Ir].[c-]1ccccc1-c1ccccn1. The smallest absolute Gasteiger partial charge is 0.136 e. The molecule has 9 rings (SSSR count). The Morgan fingerprint density at radius 1 is 0.660 bits per heavy atom. The average molecular weight is 787 g/mol. The van der Waals surface area contributed by atoms with Crippen LogP contribution in [0.4, 0.5) is 11.4 Å². The first-order chi connectivity index (χ1) is 23.8. The number of hydrogen-bond acceptors (Lipinski definition) is 4. The molecule has 4 nitrogen and oxygen atoms in total. The third-order valence-electron chi connectivity index (χ3n) is 8.34. The van der Waals surface area contributed by atoms with Gasteiger partial charge in [-0.15, -0.1) is 59.7 Å². The molecule has 4 heterocycles. The van der Waals surface area contributed by atoms with Crippen molar-refractivity contribution >= 4 is 33.3 Å². The van der Waals surface area contributed by atoms with Gasteiger partial charge in [-0.25, -0.2) is 0 Å². The van der Waals surface area contributed by atoms with Gasteiger partial charge in [-0.1, -0.05) is 66.2 Å². The molecule has 1 aliphatic heterocycles. The van der Waals surface area contributed by atoms with Gasteiger partial charge in [0.2, 0.25) is 0 Å². The van der Waals surface area contributed by atoms with Crippen LogP contribution in [0, 0.1) is 25.9 Å². The van der Waals surface area contributed by atoms with Crippen molar-refractivity contribution in [2.45, 2.75) is 13.8 Å². The van der Waals surface area contributed by atoms with Crippen LogP contribution in [0.15, 0.2) is 138 Å². The van der Waals surface area contributed by atoms with Crippen molar-refractivity contribution in [3.63, 3.8) is 0 Å². The van der Waals surface area contributed by atoms with E-state index in [9.17, 15) is 0 Å². The van der Waals surface area contributed by atoms with Crippen LogP contribution < -0.4 is 5.32 Å². The van der Waals surface area contributed by atoms with E-state index in [-0.39, 0.29) is 25.7 Å². The van der Waals surface area contributed by atoms with Crippen LogP contribution in [0.1, 0.15) is 15.2 Å². The predicted octanol–water partition coefficient (Wildman–Crippen LogP) is 11.0. The molecule has 229 valence electrons. The molecule has 0 saturated heterocycles. The number of fused-ring (bicyclic) bond motifs is 9. The van der Waals surface area contributed by atoms with Gasteiger partial charge in [0.25, 0.3) is 0 Å². The topological polar surface area (TPSA) is 51.0 Å². The van der Waals surface area contributed by atoms with Crippen molar-refractivity contribution in [3.8, 4) is 44.8 Å². The van der Waals surface area contributed by atoms with Crippen LogP contribution in [-0.2, 0) is 20.1 Å². The molecule has 5 aromatic carbocycles. The van der Waals surface area contributed by atoms with Crippen LogP contribution in [0.2, 0.25) is 0 Å². The molecule has 0 spiro atoms. The molecule has 0 saturated carbocycles. The van der Waals surface area contributed by atoms with Crippen molar-refractivity contribution < 1.29 is 28.6 Å². The number of anilines is 2. The monoisotopic (exact) mass is 787 g/mol. The van der Waals surface area contributed by atoms with E-state index in [2.05, 4.69) is 76.8 Å². The fourth-order valence-electron chi connectivity index (χ4n) is 6.06. The van der Waals surface area contributed by atoms with Crippen LogP contribution in [0.5, 0.6) is 0 Å². The summed E-state index contributed by atoms with van der Waals surface area (Å²) in [6.07, 6.45) is 3.21. The minimum atomic E-state index is -2.18. The molecule has 1 radical (unpaired) electrons. The van der Waals surface area contributed by atoms with Gasteiger partial charge >= 0.3 is 0 Å². The molecule has 8 aromatic rings. The zero-order chi connectivity index (χ0) is 33.5. The largest absolute Gasteiger partial charge is 0.456 e. The maximum absolute atomic E-state index is 7.61. The molecule has 0 amide bonds. The second-order valence-electron chi connectivity index (χ2n) is 11.2.